The van der Waals surface area contributed by atoms with Crippen LogP contribution in [0.25, 0.3) is 0 Å². The summed E-state index contributed by atoms with van der Waals surface area (Å²) in [5, 5.41) is 0. The predicted octanol–water partition coefficient (Wildman–Crippen LogP) is 4.59. The second-order valence-corrected chi connectivity index (χ2v) is 4.25. The minimum atomic E-state index is -4.32. The van der Waals surface area contributed by atoms with Crippen molar-refractivity contribution in [1.29, 1.82) is 0 Å². The molecule has 0 amide bonds. The van der Waals surface area contributed by atoms with Gasteiger partial charge in [-0.15, -0.1) is 0 Å². The highest BCUT2D eigenvalue weighted by Gasteiger charge is 2.30. The van der Waals surface area contributed by atoms with Crippen molar-refractivity contribution in [1.82, 2.24) is 0 Å². The number of ether oxygens (including phenoxy) is 1. The Balaban J connectivity index is 2.10. The molecule has 2 rings (SSSR count). The van der Waals surface area contributed by atoms with Crippen LogP contribution < -0.4 is 4.74 Å². The number of para-hydroxylation sites is 1. The molecule has 0 fully saturated rings. The first-order valence-electron chi connectivity index (χ1n) is 5.81. The molecule has 0 spiro atoms. The number of halogens is 3. The van der Waals surface area contributed by atoms with Gasteiger partial charge in [0.05, 0.1) is 5.56 Å². The van der Waals surface area contributed by atoms with Crippen LogP contribution in [-0.2, 0) is 12.8 Å². The Bertz CT molecular complexity index is 561. The summed E-state index contributed by atoms with van der Waals surface area (Å²) in [6.45, 7) is 2.01. The van der Waals surface area contributed by atoms with E-state index in [1.54, 1.807) is 12.1 Å². The summed E-state index contributed by atoms with van der Waals surface area (Å²) in [7, 11) is 0. The Morgan fingerprint density at radius 2 is 1.74 bits per heavy atom. The van der Waals surface area contributed by atoms with Crippen molar-refractivity contribution < 1.29 is 17.9 Å². The largest absolute Gasteiger partial charge is 0.489 e. The van der Waals surface area contributed by atoms with E-state index in [1.807, 2.05) is 25.1 Å². The highest BCUT2D eigenvalue weighted by molar-refractivity contribution is 5.32. The smallest absolute Gasteiger partial charge is 0.416 e. The highest BCUT2D eigenvalue weighted by atomic mass is 19.4. The zero-order chi connectivity index (χ0) is 13.9. The van der Waals surface area contributed by atoms with Crippen molar-refractivity contribution in [2.24, 2.45) is 0 Å². The van der Waals surface area contributed by atoms with Crippen molar-refractivity contribution in [3.05, 3.63) is 65.2 Å². The third-order valence-electron chi connectivity index (χ3n) is 2.74. The van der Waals surface area contributed by atoms with Crippen LogP contribution in [0, 0.1) is 6.92 Å². The van der Waals surface area contributed by atoms with E-state index in [-0.39, 0.29) is 6.61 Å². The molecule has 0 aliphatic carbocycles. The molecule has 0 aromatic heterocycles. The molecule has 1 nitrogen and oxygen atoms in total. The first kappa shape index (κ1) is 13.5. The molecule has 0 saturated carbocycles. The van der Waals surface area contributed by atoms with Crippen LogP contribution in [0.5, 0.6) is 5.75 Å². The number of aryl methyl sites for hydroxylation is 1. The topological polar surface area (TPSA) is 9.23 Å². The lowest BCUT2D eigenvalue weighted by Gasteiger charge is -2.11. The summed E-state index contributed by atoms with van der Waals surface area (Å²) >= 11 is 0. The molecular formula is C15H13F3O. The van der Waals surface area contributed by atoms with Gasteiger partial charge < -0.3 is 4.74 Å². The molecular weight excluding hydrogens is 253 g/mol. The van der Waals surface area contributed by atoms with E-state index >= 15 is 0 Å². The van der Waals surface area contributed by atoms with Gasteiger partial charge in [-0.25, -0.2) is 0 Å². The maximum Gasteiger partial charge on any atom is 0.416 e. The molecule has 2 aromatic carbocycles. The molecule has 2 aromatic rings. The zero-order valence-corrected chi connectivity index (χ0v) is 10.4. The molecule has 0 atom stereocenters. The van der Waals surface area contributed by atoms with Crippen LogP contribution in [0.2, 0.25) is 0 Å². The van der Waals surface area contributed by atoms with Crippen molar-refractivity contribution in [3.63, 3.8) is 0 Å². The molecule has 0 heterocycles. The Kier molecular flexibility index (Phi) is 3.79. The highest BCUT2D eigenvalue weighted by Crippen LogP contribution is 2.29. The number of alkyl halides is 3. The Morgan fingerprint density at radius 1 is 1.00 bits per heavy atom. The fourth-order valence-electron chi connectivity index (χ4n) is 1.72. The minimum absolute atomic E-state index is 0.120. The van der Waals surface area contributed by atoms with E-state index in [0.717, 1.165) is 17.7 Å². The van der Waals surface area contributed by atoms with Gasteiger partial charge in [0.25, 0.3) is 0 Å². The molecule has 0 unspecified atom stereocenters. The van der Waals surface area contributed by atoms with Gasteiger partial charge in [-0.1, -0.05) is 30.3 Å². The van der Waals surface area contributed by atoms with Gasteiger partial charge in [0, 0.05) is 0 Å². The quantitative estimate of drug-likeness (QED) is 0.789. The summed E-state index contributed by atoms with van der Waals surface area (Å²) in [4.78, 5) is 0. The lowest BCUT2D eigenvalue weighted by atomic mass is 10.1. The van der Waals surface area contributed by atoms with Crippen LogP contribution in [-0.4, -0.2) is 0 Å². The summed E-state index contributed by atoms with van der Waals surface area (Å²) in [5.74, 6) is 0.680. The van der Waals surface area contributed by atoms with Gasteiger partial charge in [-0.3, -0.25) is 0 Å². The second-order valence-electron chi connectivity index (χ2n) is 4.25. The number of hydrogen-bond acceptors (Lipinski definition) is 1. The SMILES string of the molecule is Cc1ccccc1OCc1cccc(C(F)(F)F)c1. The zero-order valence-electron chi connectivity index (χ0n) is 10.4. The molecule has 0 radical (unpaired) electrons. The van der Waals surface area contributed by atoms with E-state index in [2.05, 4.69) is 0 Å². The fourth-order valence-corrected chi connectivity index (χ4v) is 1.72. The maximum atomic E-state index is 12.6. The first-order valence-corrected chi connectivity index (χ1v) is 5.81. The molecule has 0 bridgehead atoms. The van der Waals surface area contributed by atoms with Crippen molar-refractivity contribution in [2.45, 2.75) is 19.7 Å². The van der Waals surface area contributed by atoms with E-state index in [4.69, 9.17) is 4.74 Å². The van der Waals surface area contributed by atoms with Gasteiger partial charge in [-0.2, -0.15) is 13.2 Å². The molecule has 0 aliphatic heterocycles. The maximum absolute atomic E-state index is 12.6. The summed E-state index contributed by atoms with van der Waals surface area (Å²) in [6.07, 6.45) is -4.32. The second kappa shape index (κ2) is 5.34. The van der Waals surface area contributed by atoms with Crippen LogP contribution in [0.4, 0.5) is 13.2 Å². The Labute approximate surface area is 109 Å². The van der Waals surface area contributed by atoms with E-state index in [0.29, 0.717) is 11.3 Å². The minimum Gasteiger partial charge on any atom is -0.489 e. The number of benzene rings is 2. The molecule has 4 heteroatoms. The monoisotopic (exact) mass is 266 g/mol. The predicted molar refractivity (Wildman–Crippen MR) is 67.0 cm³/mol. The van der Waals surface area contributed by atoms with Gasteiger partial charge in [0.15, 0.2) is 0 Å². The van der Waals surface area contributed by atoms with Crippen LogP contribution in [0.3, 0.4) is 0 Å². The molecule has 0 saturated heterocycles. The van der Waals surface area contributed by atoms with Crippen LogP contribution in [0.1, 0.15) is 16.7 Å². The van der Waals surface area contributed by atoms with E-state index in [1.165, 1.54) is 6.07 Å². The normalized spacial score (nSPS) is 11.4. The van der Waals surface area contributed by atoms with E-state index < -0.39 is 11.7 Å². The average Bonchev–Trinajstić information content (AvgIpc) is 2.37. The summed E-state index contributed by atoms with van der Waals surface area (Å²) < 4.78 is 43.2. The number of hydrogen-bond donors (Lipinski definition) is 0. The lowest BCUT2D eigenvalue weighted by molar-refractivity contribution is -0.137. The van der Waals surface area contributed by atoms with Crippen LogP contribution in [0.15, 0.2) is 48.5 Å². The molecule has 0 aliphatic rings. The van der Waals surface area contributed by atoms with Crippen molar-refractivity contribution >= 4 is 0 Å². The first-order chi connectivity index (χ1) is 8.97. The van der Waals surface area contributed by atoms with Gasteiger partial charge in [0.2, 0.25) is 0 Å². The van der Waals surface area contributed by atoms with Crippen molar-refractivity contribution in [2.75, 3.05) is 0 Å². The Morgan fingerprint density at radius 3 is 2.42 bits per heavy atom. The average molecular weight is 266 g/mol. The number of rotatable bonds is 3. The van der Waals surface area contributed by atoms with Gasteiger partial charge >= 0.3 is 6.18 Å². The molecule has 100 valence electrons. The van der Waals surface area contributed by atoms with Gasteiger partial charge in [0.1, 0.15) is 12.4 Å². The van der Waals surface area contributed by atoms with Gasteiger partial charge in [-0.05, 0) is 36.2 Å². The summed E-state index contributed by atoms with van der Waals surface area (Å²) in [5.41, 5.74) is 0.797. The standard InChI is InChI=1S/C15H13F3O/c1-11-5-2-3-8-14(11)19-10-12-6-4-7-13(9-12)15(16,17)18/h2-9H,10H2,1H3. The fraction of sp³-hybridized carbons (Fsp3) is 0.200. The third-order valence-corrected chi connectivity index (χ3v) is 2.74. The third kappa shape index (κ3) is 3.50. The van der Waals surface area contributed by atoms with E-state index in [9.17, 15) is 13.2 Å². The molecule has 0 N–H and O–H groups in total. The molecule has 19 heavy (non-hydrogen) atoms. The summed E-state index contributed by atoms with van der Waals surface area (Å²) in [6, 6.07) is 12.6. The van der Waals surface area contributed by atoms with Crippen LogP contribution >= 0.6 is 0 Å². The van der Waals surface area contributed by atoms with Crippen molar-refractivity contribution in [3.8, 4) is 5.75 Å². The Hall–Kier alpha value is -1.97. The lowest BCUT2D eigenvalue weighted by Crippen LogP contribution is -2.06.